The number of carbonyl (C=O) groups excluding carboxylic acids is 1. The highest BCUT2D eigenvalue weighted by molar-refractivity contribution is 7.91. The largest absolute Gasteiger partial charge is 0.490 e. The fourth-order valence-corrected chi connectivity index (χ4v) is 6.93. The Morgan fingerprint density at radius 3 is 2.64 bits per heavy atom. The Bertz CT molecular complexity index is 1280. The van der Waals surface area contributed by atoms with E-state index in [0.29, 0.717) is 30.4 Å². The number of fused-ring (bicyclic) bond motifs is 1. The van der Waals surface area contributed by atoms with Gasteiger partial charge in [-0.1, -0.05) is 25.1 Å². The topological polar surface area (TPSA) is 81.7 Å². The summed E-state index contributed by atoms with van der Waals surface area (Å²) in [5, 5.41) is 4.44. The molecule has 0 saturated carbocycles. The molecule has 1 unspecified atom stereocenters. The maximum atomic E-state index is 13.4. The van der Waals surface area contributed by atoms with Gasteiger partial charge in [0.15, 0.2) is 11.5 Å². The highest BCUT2D eigenvalue weighted by Crippen LogP contribution is 2.47. The normalized spacial score (nSPS) is 15.6. The zero-order chi connectivity index (χ0) is 23.6. The number of carbonyl (C=O) groups is 1. The lowest BCUT2D eigenvalue weighted by Gasteiger charge is -2.24. The third-order valence-electron chi connectivity index (χ3n) is 5.48. The fraction of sp³-hybridized carbons (Fsp3) is 0.320. The van der Waals surface area contributed by atoms with Crippen LogP contribution in [0.5, 0.6) is 11.5 Å². The van der Waals surface area contributed by atoms with Crippen LogP contribution in [0.4, 0.5) is 5.69 Å². The summed E-state index contributed by atoms with van der Waals surface area (Å²) in [5.41, 5.74) is 2.13. The molecular weight excluding hydrogens is 458 g/mol. The number of ether oxygens (including phenoxy) is 2. The number of rotatable bonds is 8. The first-order chi connectivity index (χ1) is 15.8. The van der Waals surface area contributed by atoms with E-state index in [9.17, 15) is 13.2 Å². The minimum Gasteiger partial charge on any atom is -0.490 e. The number of sulfone groups is 1. The van der Waals surface area contributed by atoms with Crippen molar-refractivity contribution in [2.75, 3.05) is 18.5 Å². The van der Waals surface area contributed by atoms with E-state index >= 15 is 0 Å². The van der Waals surface area contributed by atoms with Crippen LogP contribution in [0.3, 0.4) is 0 Å². The van der Waals surface area contributed by atoms with Crippen LogP contribution in [-0.2, 0) is 14.6 Å². The lowest BCUT2D eigenvalue weighted by molar-refractivity contribution is -0.116. The molecule has 33 heavy (non-hydrogen) atoms. The summed E-state index contributed by atoms with van der Waals surface area (Å²) in [6.07, 6.45) is 1.12. The van der Waals surface area contributed by atoms with Crippen molar-refractivity contribution >= 4 is 32.8 Å². The molecule has 1 aliphatic heterocycles. The van der Waals surface area contributed by atoms with Gasteiger partial charge in [0.05, 0.1) is 23.8 Å². The molecular formula is C25H27NO5S2. The van der Waals surface area contributed by atoms with Crippen LogP contribution in [-0.4, -0.2) is 27.5 Å². The number of aryl methyl sites for hydroxylation is 1. The maximum absolute atomic E-state index is 13.4. The quantitative estimate of drug-likeness (QED) is 0.452. The summed E-state index contributed by atoms with van der Waals surface area (Å²) in [5.74, 6) is 0.812. The Labute approximate surface area is 198 Å². The second-order valence-electron chi connectivity index (χ2n) is 7.95. The number of hydrogen-bond acceptors (Lipinski definition) is 6. The minimum atomic E-state index is -3.77. The maximum Gasteiger partial charge on any atom is 0.225 e. The third-order valence-corrected chi connectivity index (χ3v) is 8.50. The first kappa shape index (κ1) is 23.3. The van der Waals surface area contributed by atoms with Crippen LogP contribution in [0.2, 0.25) is 0 Å². The van der Waals surface area contributed by atoms with Gasteiger partial charge in [0.2, 0.25) is 15.7 Å². The standard InChI is InChI=1S/C25H27NO5S2/c1-4-11-31-20-10-9-17(13-21(20)30-5-2)19-14-23(27)26-24-22(15-32-25(19)24)33(28,29)18-8-6-7-16(3)12-18/h6-10,12-13,15,19H,4-5,11,14H2,1-3H3,(H,26,27). The van der Waals surface area contributed by atoms with Crippen LogP contribution in [0.15, 0.2) is 57.6 Å². The van der Waals surface area contributed by atoms with Crippen molar-refractivity contribution in [3.05, 3.63) is 63.8 Å². The second kappa shape index (κ2) is 9.57. The number of amides is 1. The molecule has 1 N–H and O–H groups in total. The molecule has 0 bridgehead atoms. The summed E-state index contributed by atoms with van der Waals surface area (Å²) < 4.78 is 38.3. The molecule has 8 heteroatoms. The molecule has 1 atom stereocenters. The Balaban J connectivity index is 1.76. The van der Waals surface area contributed by atoms with E-state index < -0.39 is 9.84 Å². The van der Waals surface area contributed by atoms with E-state index in [2.05, 4.69) is 5.32 Å². The fourth-order valence-electron chi connectivity index (χ4n) is 3.92. The Morgan fingerprint density at radius 1 is 1.09 bits per heavy atom. The van der Waals surface area contributed by atoms with Crippen LogP contribution < -0.4 is 14.8 Å². The smallest absolute Gasteiger partial charge is 0.225 e. The van der Waals surface area contributed by atoms with Gasteiger partial charge < -0.3 is 14.8 Å². The van der Waals surface area contributed by atoms with Crippen molar-refractivity contribution < 1.29 is 22.7 Å². The minimum absolute atomic E-state index is 0.138. The van der Waals surface area contributed by atoms with Crippen LogP contribution in [0.25, 0.3) is 0 Å². The number of thiophene rings is 1. The zero-order valence-electron chi connectivity index (χ0n) is 18.9. The van der Waals surface area contributed by atoms with E-state index in [1.54, 1.807) is 23.6 Å². The summed E-state index contributed by atoms with van der Waals surface area (Å²) >= 11 is 1.35. The van der Waals surface area contributed by atoms with Gasteiger partial charge >= 0.3 is 0 Å². The van der Waals surface area contributed by atoms with Crippen molar-refractivity contribution in [2.45, 2.75) is 49.3 Å². The third kappa shape index (κ3) is 4.63. The van der Waals surface area contributed by atoms with E-state index in [0.717, 1.165) is 22.4 Å². The van der Waals surface area contributed by atoms with Crippen molar-refractivity contribution in [2.24, 2.45) is 0 Å². The summed E-state index contributed by atoms with van der Waals surface area (Å²) in [4.78, 5) is 13.8. The number of benzene rings is 2. The molecule has 3 aromatic rings. The lowest BCUT2D eigenvalue weighted by atomic mass is 9.90. The zero-order valence-corrected chi connectivity index (χ0v) is 20.5. The van der Waals surface area contributed by atoms with Gasteiger partial charge in [-0.25, -0.2) is 8.42 Å². The van der Waals surface area contributed by atoms with E-state index in [-0.39, 0.29) is 28.0 Å². The van der Waals surface area contributed by atoms with Gasteiger partial charge in [0, 0.05) is 22.6 Å². The van der Waals surface area contributed by atoms with Crippen molar-refractivity contribution in [1.82, 2.24) is 0 Å². The van der Waals surface area contributed by atoms with Crippen LogP contribution in [0.1, 0.15) is 48.6 Å². The molecule has 2 aromatic carbocycles. The second-order valence-corrected chi connectivity index (χ2v) is 10.8. The van der Waals surface area contributed by atoms with E-state index in [1.165, 1.54) is 11.3 Å². The van der Waals surface area contributed by atoms with Crippen molar-refractivity contribution in [1.29, 1.82) is 0 Å². The van der Waals surface area contributed by atoms with Gasteiger partial charge in [-0.05, 0) is 55.7 Å². The predicted molar refractivity (Wildman–Crippen MR) is 129 cm³/mol. The average Bonchev–Trinajstić information content (AvgIpc) is 3.22. The Hall–Kier alpha value is -2.84. The highest BCUT2D eigenvalue weighted by Gasteiger charge is 2.34. The Kier molecular flexibility index (Phi) is 6.76. The summed E-state index contributed by atoms with van der Waals surface area (Å²) in [6.45, 7) is 6.87. The van der Waals surface area contributed by atoms with Gasteiger partial charge in [-0.2, -0.15) is 0 Å². The molecule has 0 spiro atoms. The lowest BCUT2D eigenvalue weighted by Crippen LogP contribution is -2.23. The first-order valence-electron chi connectivity index (χ1n) is 11.0. The summed E-state index contributed by atoms with van der Waals surface area (Å²) in [7, 11) is -3.77. The Morgan fingerprint density at radius 2 is 1.91 bits per heavy atom. The van der Waals surface area contributed by atoms with Gasteiger partial charge in [0.1, 0.15) is 4.90 Å². The highest BCUT2D eigenvalue weighted by atomic mass is 32.2. The predicted octanol–water partition coefficient (Wildman–Crippen LogP) is 5.55. The molecule has 6 nitrogen and oxygen atoms in total. The SMILES string of the molecule is CCCOc1ccc(C2CC(=O)Nc3c(S(=O)(=O)c4cccc(C)c4)csc32)cc1OCC. The summed E-state index contributed by atoms with van der Waals surface area (Å²) in [6, 6.07) is 12.5. The van der Waals surface area contributed by atoms with Crippen LogP contribution in [0, 0.1) is 6.92 Å². The van der Waals surface area contributed by atoms with E-state index in [4.69, 9.17) is 9.47 Å². The molecule has 1 aliphatic rings. The van der Waals surface area contributed by atoms with Crippen molar-refractivity contribution in [3.63, 3.8) is 0 Å². The number of anilines is 1. The molecule has 174 valence electrons. The molecule has 0 radical (unpaired) electrons. The molecule has 2 heterocycles. The number of hydrogen-bond donors (Lipinski definition) is 1. The molecule has 0 aliphatic carbocycles. The average molecular weight is 486 g/mol. The molecule has 4 rings (SSSR count). The molecule has 0 fully saturated rings. The molecule has 1 aromatic heterocycles. The molecule has 0 saturated heterocycles. The van der Waals surface area contributed by atoms with E-state index in [1.807, 2.05) is 45.0 Å². The van der Waals surface area contributed by atoms with Gasteiger partial charge in [-0.15, -0.1) is 11.3 Å². The van der Waals surface area contributed by atoms with Gasteiger partial charge in [0.25, 0.3) is 0 Å². The number of nitrogens with one attached hydrogen (secondary N) is 1. The monoisotopic (exact) mass is 485 g/mol. The first-order valence-corrected chi connectivity index (χ1v) is 13.3. The van der Waals surface area contributed by atoms with Gasteiger partial charge in [-0.3, -0.25) is 4.79 Å². The van der Waals surface area contributed by atoms with Crippen LogP contribution >= 0.6 is 11.3 Å². The molecule has 1 amide bonds. The van der Waals surface area contributed by atoms with Crippen molar-refractivity contribution in [3.8, 4) is 11.5 Å².